The third-order valence-corrected chi connectivity index (χ3v) is 4.69. The van der Waals surface area contributed by atoms with Gasteiger partial charge >= 0.3 is 0 Å². The Kier molecular flexibility index (Phi) is 2.88. The van der Waals surface area contributed by atoms with Crippen LogP contribution in [0.25, 0.3) is 10.8 Å². The monoisotopic (exact) mass is 259 g/mol. The molecule has 2 aromatic carbocycles. The number of hydrogen-bond acceptors (Lipinski definition) is 2. The molecule has 1 fully saturated rings. The number of fused-ring (bicyclic) bond motifs is 1. The topological polar surface area (TPSA) is 46.2 Å². The summed E-state index contributed by atoms with van der Waals surface area (Å²) in [5.74, 6) is 1.08. The van der Waals surface area contributed by atoms with Crippen LogP contribution in [0.2, 0.25) is 0 Å². The molecule has 0 aromatic heterocycles. The van der Waals surface area contributed by atoms with Gasteiger partial charge in [0.25, 0.3) is 5.91 Å². The fraction of sp³-hybridized carbons (Fsp3) is 0.214. The molecule has 0 aliphatic carbocycles. The van der Waals surface area contributed by atoms with Crippen LogP contribution >= 0.6 is 0 Å². The van der Waals surface area contributed by atoms with Crippen molar-refractivity contribution in [2.75, 3.05) is 11.5 Å². The van der Waals surface area contributed by atoms with E-state index < -0.39 is 10.8 Å². The van der Waals surface area contributed by atoms with E-state index in [0.29, 0.717) is 17.1 Å². The first-order valence-electron chi connectivity index (χ1n) is 5.87. The molecule has 0 bridgehead atoms. The number of benzene rings is 2. The van der Waals surface area contributed by atoms with Crippen molar-refractivity contribution in [2.45, 2.75) is 6.04 Å². The Balaban J connectivity index is 1.89. The Hall–Kier alpha value is -1.68. The quantitative estimate of drug-likeness (QED) is 0.892. The Morgan fingerprint density at radius 3 is 2.61 bits per heavy atom. The van der Waals surface area contributed by atoms with E-state index in [1.807, 2.05) is 42.5 Å². The second-order valence-corrected chi connectivity index (χ2v) is 6.02. The van der Waals surface area contributed by atoms with Gasteiger partial charge in [-0.3, -0.25) is 9.00 Å². The Labute approximate surface area is 108 Å². The molecular weight excluding hydrogens is 246 g/mol. The lowest BCUT2D eigenvalue weighted by Gasteiger charge is -2.25. The van der Waals surface area contributed by atoms with Gasteiger partial charge in [-0.2, -0.15) is 0 Å². The van der Waals surface area contributed by atoms with Crippen molar-refractivity contribution in [3.63, 3.8) is 0 Å². The zero-order chi connectivity index (χ0) is 12.5. The molecule has 0 atom stereocenters. The second-order valence-electron chi connectivity index (χ2n) is 4.47. The lowest BCUT2D eigenvalue weighted by molar-refractivity contribution is 0.0944. The molecule has 2 aromatic rings. The molecule has 1 saturated heterocycles. The van der Waals surface area contributed by atoms with Crippen LogP contribution in [0.3, 0.4) is 0 Å². The number of hydrogen-bond donors (Lipinski definition) is 1. The predicted octanol–water partition coefficient (Wildman–Crippen LogP) is 1.70. The molecule has 0 saturated carbocycles. The summed E-state index contributed by atoms with van der Waals surface area (Å²) in [4.78, 5) is 12.2. The van der Waals surface area contributed by atoms with Crippen LogP contribution in [0, 0.1) is 0 Å². The number of nitrogens with one attached hydrogen (secondary N) is 1. The van der Waals surface area contributed by atoms with Crippen molar-refractivity contribution < 1.29 is 9.00 Å². The molecule has 0 unspecified atom stereocenters. The van der Waals surface area contributed by atoms with E-state index in [0.717, 1.165) is 10.8 Å². The van der Waals surface area contributed by atoms with Crippen molar-refractivity contribution >= 4 is 27.5 Å². The van der Waals surface area contributed by atoms with Crippen LogP contribution in [0.15, 0.2) is 42.5 Å². The molecule has 1 aliphatic rings. The molecule has 1 N–H and O–H groups in total. The van der Waals surface area contributed by atoms with Gasteiger partial charge in [0.2, 0.25) is 0 Å². The van der Waals surface area contributed by atoms with Gasteiger partial charge in [-0.05, 0) is 16.8 Å². The normalized spacial score (nSPS) is 22.4. The first kappa shape index (κ1) is 11.4. The largest absolute Gasteiger partial charge is 0.347 e. The molecule has 4 heteroatoms. The van der Waals surface area contributed by atoms with Crippen molar-refractivity contribution in [3.8, 4) is 0 Å². The van der Waals surface area contributed by atoms with Crippen molar-refractivity contribution in [2.24, 2.45) is 0 Å². The standard InChI is InChI=1S/C14H13NO2S/c16-14(15-11-8-18(17)9-11)13-7-3-5-10-4-1-2-6-12(10)13/h1-7,11H,8-9H2,(H,15,16). The highest BCUT2D eigenvalue weighted by atomic mass is 32.2. The average Bonchev–Trinajstić information content (AvgIpc) is 2.36. The number of amides is 1. The van der Waals surface area contributed by atoms with Crippen LogP contribution in [0.4, 0.5) is 0 Å². The minimum absolute atomic E-state index is 0.0669. The van der Waals surface area contributed by atoms with Crippen LogP contribution in [0.5, 0.6) is 0 Å². The SMILES string of the molecule is O=C(NC1CS(=O)C1)c1cccc2ccccc12. The van der Waals surface area contributed by atoms with Crippen LogP contribution in [-0.2, 0) is 10.8 Å². The van der Waals surface area contributed by atoms with Gasteiger partial charge in [0.1, 0.15) is 0 Å². The van der Waals surface area contributed by atoms with Crippen molar-refractivity contribution in [3.05, 3.63) is 48.0 Å². The van der Waals surface area contributed by atoms with Crippen LogP contribution in [-0.4, -0.2) is 27.7 Å². The van der Waals surface area contributed by atoms with Crippen LogP contribution < -0.4 is 5.32 Å². The third kappa shape index (κ3) is 2.04. The molecule has 3 nitrogen and oxygen atoms in total. The minimum Gasteiger partial charge on any atom is -0.347 e. The van der Waals surface area contributed by atoms with Gasteiger partial charge in [0.15, 0.2) is 0 Å². The van der Waals surface area contributed by atoms with E-state index in [9.17, 15) is 9.00 Å². The molecule has 1 amide bonds. The van der Waals surface area contributed by atoms with Crippen molar-refractivity contribution in [1.82, 2.24) is 5.32 Å². The maximum atomic E-state index is 12.2. The zero-order valence-electron chi connectivity index (χ0n) is 9.76. The van der Waals surface area contributed by atoms with Gasteiger partial charge in [0.05, 0.1) is 6.04 Å². The summed E-state index contributed by atoms with van der Waals surface area (Å²) >= 11 is 0. The van der Waals surface area contributed by atoms with Gasteiger partial charge in [-0.15, -0.1) is 0 Å². The summed E-state index contributed by atoms with van der Waals surface area (Å²) in [5, 5.41) is 4.94. The van der Waals surface area contributed by atoms with Gasteiger partial charge < -0.3 is 5.32 Å². The molecule has 1 heterocycles. The fourth-order valence-corrected chi connectivity index (χ4v) is 3.14. The maximum Gasteiger partial charge on any atom is 0.252 e. The Bertz CT molecular complexity index is 625. The minimum atomic E-state index is -0.737. The lowest BCUT2D eigenvalue weighted by atomic mass is 10.0. The Morgan fingerprint density at radius 2 is 1.83 bits per heavy atom. The molecule has 3 rings (SSSR count). The predicted molar refractivity (Wildman–Crippen MR) is 73.1 cm³/mol. The molecule has 18 heavy (non-hydrogen) atoms. The smallest absolute Gasteiger partial charge is 0.252 e. The number of rotatable bonds is 2. The third-order valence-electron chi connectivity index (χ3n) is 3.14. The van der Waals surface area contributed by atoms with E-state index in [2.05, 4.69) is 5.32 Å². The first-order valence-corrected chi connectivity index (χ1v) is 7.36. The molecular formula is C14H13NO2S. The average molecular weight is 259 g/mol. The fourth-order valence-electron chi connectivity index (χ4n) is 2.17. The molecule has 1 aliphatic heterocycles. The number of carbonyl (C=O) groups is 1. The summed E-state index contributed by atoms with van der Waals surface area (Å²) < 4.78 is 11.0. The Morgan fingerprint density at radius 1 is 1.11 bits per heavy atom. The van der Waals surface area contributed by atoms with Gasteiger partial charge in [0, 0.05) is 27.9 Å². The summed E-state index contributed by atoms with van der Waals surface area (Å²) in [6.07, 6.45) is 0. The molecule has 0 spiro atoms. The highest BCUT2D eigenvalue weighted by Crippen LogP contribution is 2.19. The molecule has 0 radical (unpaired) electrons. The second kappa shape index (κ2) is 4.53. The maximum absolute atomic E-state index is 12.2. The van der Waals surface area contributed by atoms with Gasteiger partial charge in [-0.1, -0.05) is 36.4 Å². The number of carbonyl (C=O) groups excluding carboxylic acids is 1. The lowest BCUT2D eigenvalue weighted by Crippen LogP contribution is -2.50. The van der Waals surface area contributed by atoms with Crippen molar-refractivity contribution in [1.29, 1.82) is 0 Å². The summed E-state index contributed by atoms with van der Waals surface area (Å²) in [5.41, 5.74) is 0.686. The van der Waals surface area contributed by atoms with E-state index in [1.165, 1.54) is 0 Å². The van der Waals surface area contributed by atoms with E-state index in [-0.39, 0.29) is 11.9 Å². The zero-order valence-corrected chi connectivity index (χ0v) is 10.6. The highest BCUT2D eigenvalue weighted by molar-refractivity contribution is 7.86. The summed E-state index contributed by atoms with van der Waals surface area (Å²) in [6, 6.07) is 13.6. The summed E-state index contributed by atoms with van der Waals surface area (Å²) in [7, 11) is -0.737. The van der Waals surface area contributed by atoms with E-state index in [4.69, 9.17) is 0 Å². The van der Waals surface area contributed by atoms with E-state index >= 15 is 0 Å². The van der Waals surface area contributed by atoms with Crippen LogP contribution in [0.1, 0.15) is 10.4 Å². The molecule has 92 valence electrons. The summed E-state index contributed by atoms with van der Waals surface area (Å²) in [6.45, 7) is 0. The van der Waals surface area contributed by atoms with Gasteiger partial charge in [-0.25, -0.2) is 0 Å². The highest BCUT2D eigenvalue weighted by Gasteiger charge is 2.27. The van der Waals surface area contributed by atoms with E-state index in [1.54, 1.807) is 0 Å². The first-order chi connectivity index (χ1) is 8.74.